The Balaban J connectivity index is 1.92. The molecule has 2 aromatic carbocycles. The van der Waals surface area contributed by atoms with Crippen molar-refractivity contribution in [1.82, 2.24) is 9.55 Å². The minimum absolute atomic E-state index is 0.487. The van der Waals surface area contributed by atoms with Gasteiger partial charge in [0, 0.05) is 20.2 Å². The highest BCUT2D eigenvalue weighted by molar-refractivity contribution is 6.76. The molecule has 3 aromatic rings. The van der Waals surface area contributed by atoms with Crippen LogP contribution >= 0.6 is 0 Å². The van der Waals surface area contributed by atoms with Crippen LogP contribution in [0.5, 0.6) is 5.75 Å². The van der Waals surface area contributed by atoms with Crippen molar-refractivity contribution >= 4 is 8.07 Å². The lowest BCUT2D eigenvalue weighted by Crippen LogP contribution is -2.22. The van der Waals surface area contributed by atoms with E-state index in [1.165, 1.54) is 0 Å². The van der Waals surface area contributed by atoms with Crippen molar-refractivity contribution in [2.45, 2.75) is 32.4 Å². The molecular formula is C22H28N2O2Si. The summed E-state index contributed by atoms with van der Waals surface area (Å²) in [5.41, 5.74) is 3.21. The third-order valence-corrected chi connectivity index (χ3v) is 6.17. The summed E-state index contributed by atoms with van der Waals surface area (Å²) in [6, 6.07) is 19.5. The lowest BCUT2D eigenvalue weighted by atomic mass is 10.1. The molecule has 0 fully saturated rings. The maximum Gasteiger partial charge on any atom is 0.142 e. The van der Waals surface area contributed by atoms with Crippen LogP contribution in [0.15, 0.2) is 60.8 Å². The van der Waals surface area contributed by atoms with Crippen LogP contribution in [0.2, 0.25) is 25.7 Å². The van der Waals surface area contributed by atoms with Gasteiger partial charge in [-0.1, -0.05) is 62.1 Å². The molecular weight excluding hydrogens is 352 g/mol. The van der Waals surface area contributed by atoms with Crippen LogP contribution in [-0.2, 0) is 11.5 Å². The number of ether oxygens (including phenoxy) is 2. The third-order valence-electron chi connectivity index (χ3n) is 4.47. The van der Waals surface area contributed by atoms with Gasteiger partial charge in [-0.3, -0.25) is 4.57 Å². The van der Waals surface area contributed by atoms with Gasteiger partial charge in [0.25, 0.3) is 0 Å². The molecule has 27 heavy (non-hydrogen) atoms. The predicted octanol–water partition coefficient (Wildman–Crippen LogP) is 5.54. The summed E-state index contributed by atoms with van der Waals surface area (Å²) in [5.74, 6) is 1.71. The lowest BCUT2D eigenvalue weighted by molar-refractivity contribution is 0.0893. The second-order valence-electron chi connectivity index (χ2n) is 7.84. The number of aromatic nitrogens is 2. The maximum atomic E-state index is 6.06. The molecule has 0 spiro atoms. The number of hydrogen-bond acceptors (Lipinski definition) is 3. The Labute approximate surface area is 162 Å². The van der Waals surface area contributed by atoms with Crippen LogP contribution in [0, 0.1) is 0 Å². The van der Waals surface area contributed by atoms with Gasteiger partial charge in [-0.25, -0.2) is 4.98 Å². The molecule has 3 rings (SSSR count). The molecule has 1 aromatic heterocycles. The normalized spacial score (nSPS) is 11.6. The first-order chi connectivity index (χ1) is 13.0. The maximum absolute atomic E-state index is 6.06. The number of benzene rings is 2. The fourth-order valence-electron chi connectivity index (χ4n) is 2.87. The molecule has 1 heterocycles. The second kappa shape index (κ2) is 8.54. The van der Waals surface area contributed by atoms with Gasteiger partial charge in [-0.05, 0) is 23.7 Å². The number of hydrogen-bond donors (Lipinski definition) is 0. The SMILES string of the molecule is COc1cccc(-c2ncc(-c3ccccc3)n2COCC[Si](C)(C)C)c1. The highest BCUT2D eigenvalue weighted by Crippen LogP contribution is 2.28. The Bertz CT molecular complexity index is 870. The molecule has 0 saturated carbocycles. The molecule has 142 valence electrons. The summed E-state index contributed by atoms with van der Waals surface area (Å²) in [7, 11) is 0.568. The highest BCUT2D eigenvalue weighted by Gasteiger charge is 2.16. The van der Waals surface area contributed by atoms with Crippen molar-refractivity contribution in [1.29, 1.82) is 0 Å². The molecule has 4 nitrogen and oxygen atoms in total. The zero-order chi connectivity index (χ0) is 19.3. The summed E-state index contributed by atoms with van der Waals surface area (Å²) in [6.07, 6.45) is 1.92. The Morgan fingerprint density at radius 2 is 1.70 bits per heavy atom. The van der Waals surface area contributed by atoms with Gasteiger partial charge < -0.3 is 9.47 Å². The van der Waals surface area contributed by atoms with Gasteiger partial charge in [-0.2, -0.15) is 0 Å². The van der Waals surface area contributed by atoms with Gasteiger partial charge in [0.1, 0.15) is 18.3 Å². The molecule has 0 aliphatic rings. The Morgan fingerprint density at radius 1 is 0.963 bits per heavy atom. The minimum Gasteiger partial charge on any atom is -0.497 e. The summed E-state index contributed by atoms with van der Waals surface area (Å²) in [6.45, 7) is 8.36. The van der Waals surface area contributed by atoms with Crippen LogP contribution in [0.4, 0.5) is 0 Å². The zero-order valence-electron chi connectivity index (χ0n) is 16.6. The summed E-state index contributed by atoms with van der Waals surface area (Å²) >= 11 is 0. The monoisotopic (exact) mass is 380 g/mol. The Morgan fingerprint density at radius 3 is 2.41 bits per heavy atom. The molecule has 0 aliphatic carbocycles. The smallest absolute Gasteiger partial charge is 0.142 e. The fourth-order valence-corrected chi connectivity index (χ4v) is 3.63. The van der Waals surface area contributed by atoms with E-state index in [0.29, 0.717) is 6.73 Å². The number of imidazole rings is 1. The van der Waals surface area contributed by atoms with E-state index in [0.717, 1.165) is 41.0 Å². The third kappa shape index (κ3) is 5.08. The van der Waals surface area contributed by atoms with Crippen molar-refractivity contribution in [3.05, 3.63) is 60.8 Å². The van der Waals surface area contributed by atoms with Gasteiger partial charge in [0.15, 0.2) is 0 Å². The van der Waals surface area contributed by atoms with Crippen molar-refractivity contribution in [2.24, 2.45) is 0 Å². The number of nitrogens with zero attached hydrogens (tertiary/aromatic N) is 2. The Hall–Kier alpha value is -2.37. The number of methoxy groups -OCH3 is 1. The molecule has 0 bridgehead atoms. The molecule has 0 aliphatic heterocycles. The van der Waals surface area contributed by atoms with E-state index in [-0.39, 0.29) is 0 Å². The summed E-state index contributed by atoms with van der Waals surface area (Å²) in [4.78, 5) is 4.70. The zero-order valence-corrected chi connectivity index (χ0v) is 17.6. The van der Waals surface area contributed by atoms with E-state index < -0.39 is 8.07 Å². The van der Waals surface area contributed by atoms with Crippen molar-refractivity contribution < 1.29 is 9.47 Å². The van der Waals surface area contributed by atoms with Gasteiger partial charge >= 0.3 is 0 Å². The van der Waals surface area contributed by atoms with Crippen LogP contribution in [-0.4, -0.2) is 31.3 Å². The van der Waals surface area contributed by atoms with E-state index in [1.54, 1.807) is 7.11 Å². The minimum atomic E-state index is -1.11. The fraction of sp³-hybridized carbons (Fsp3) is 0.318. The van der Waals surface area contributed by atoms with Crippen LogP contribution in [0.1, 0.15) is 0 Å². The topological polar surface area (TPSA) is 36.3 Å². The first-order valence-electron chi connectivity index (χ1n) is 9.31. The predicted molar refractivity (Wildman–Crippen MR) is 114 cm³/mol. The van der Waals surface area contributed by atoms with Gasteiger partial charge in [-0.15, -0.1) is 0 Å². The molecule has 0 amide bonds. The molecule has 0 atom stereocenters. The van der Waals surface area contributed by atoms with Crippen molar-refractivity contribution in [2.75, 3.05) is 13.7 Å². The Kier molecular flexibility index (Phi) is 6.14. The van der Waals surface area contributed by atoms with Crippen molar-refractivity contribution in [3.8, 4) is 28.4 Å². The van der Waals surface area contributed by atoms with Crippen LogP contribution in [0.25, 0.3) is 22.6 Å². The molecule has 0 saturated heterocycles. The molecule has 5 heteroatoms. The number of rotatable bonds is 8. The average molecular weight is 381 g/mol. The molecule has 0 unspecified atom stereocenters. The van der Waals surface area contributed by atoms with Crippen LogP contribution < -0.4 is 4.74 Å². The average Bonchev–Trinajstić information content (AvgIpc) is 3.09. The molecule has 0 N–H and O–H groups in total. The van der Waals surface area contributed by atoms with E-state index in [9.17, 15) is 0 Å². The van der Waals surface area contributed by atoms with Crippen LogP contribution in [0.3, 0.4) is 0 Å². The quantitative estimate of drug-likeness (QED) is 0.380. The van der Waals surface area contributed by atoms with E-state index in [1.807, 2.05) is 42.6 Å². The summed E-state index contributed by atoms with van der Waals surface area (Å²) in [5, 5.41) is 0. The summed E-state index contributed by atoms with van der Waals surface area (Å²) < 4.78 is 13.6. The first kappa shape index (κ1) is 19.4. The van der Waals surface area contributed by atoms with E-state index >= 15 is 0 Å². The lowest BCUT2D eigenvalue weighted by Gasteiger charge is -2.17. The van der Waals surface area contributed by atoms with Crippen molar-refractivity contribution in [3.63, 3.8) is 0 Å². The van der Waals surface area contributed by atoms with E-state index in [4.69, 9.17) is 14.5 Å². The highest BCUT2D eigenvalue weighted by atomic mass is 28.3. The van der Waals surface area contributed by atoms with E-state index in [2.05, 4.69) is 42.4 Å². The van der Waals surface area contributed by atoms with Gasteiger partial charge in [0.2, 0.25) is 0 Å². The largest absolute Gasteiger partial charge is 0.497 e. The van der Waals surface area contributed by atoms with Gasteiger partial charge in [0.05, 0.1) is 19.0 Å². The second-order valence-corrected chi connectivity index (χ2v) is 13.5. The standard InChI is InChI=1S/C22H28N2O2Si/c1-25-20-12-8-11-19(15-20)22-23-16-21(18-9-6-5-7-10-18)24(22)17-26-13-14-27(2,3)4/h5-12,15-16H,13-14,17H2,1-4H3. The first-order valence-corrected chi connectivity index (χ1v) is 13.0. The molecule has 0 radical (unpaired) electrons.